The number of carbonyl (C=O) groups is 1. The summed E-state index contributed by atoms with van der Waals surface area (Å²) in [5.41, 5.74) is 0.335. The van der Waals surface area contributed by atoms with E-state index in [0.29, 0.717) is 24.5 Å². The van der Waals surface area contributed by atoms with Gasteiger partial charge < -0.3 is 10.6 Å². The Balaban J connectivity index is 1.44. The minimum atomic E-state index is 0.122. The predicted octanol–water partition coefficient (Wildman–Crippen LogP) is 0.459. The number of hydrogen-bond donors (Lipinski definition) is 2. The standard InChI is InChI=1S/C13H21N5O/c19-12(3-8-18-9-7-15-17-18)16-11-2-6-14-13(10-11)4-1-5-13/h7,9,11,14H,1-6,8,10H2,(H,16,19). The van der Waals surface area contributed by atoms with Crippen LogP contribution in [-0.2, 0) is 11.3 Å². The Morgan fingerprint density at radius 1 is 1.53 bits per heavy atom. The van der Waals surface area contributed by atoms with Gasteiger partial charge in [-0.3, -0.25) is 9.48 Å². The maximum atomic E-state index is 11.9. The summed E-state index contributed by atoms with van der Waals surface area (Å²) in [5.74, 6) is 0.122. The number of rotatable bonds is 4. The van der Waals surface area contributed by atoms with Gasteiger partial charge in [0.1, 0.15) is 0 Å². The van der Waals surface area contributed by atoms with Gasteiger partial charge in [0.15, 0.2) is 0 Å². The average Bonchev–Trinajstić information content (AvgIpc) is 2.88. The van der Waals surface area contributed by atoms with Gasteiger partial charge in [0, 0.05) is 24.2 Å². The quantitative estimate of drug-likeness (QED) is 0.828. The minimum absolute atomic E-state index is 0.122. The molecular formula is C13H21N5O. The SMILES string of the molecule is O=C(CCn1ccnn1)NC1CCNC2(CCC2)C1. The van der Waals surface area contributed by atoms with Crippen LogP contribution in [0.5, 0.6) is 0 Å². The topological polar surface area (TPSA) is 71.8 Å². The molecule has 1 spiro atoms. The van der Waals surface area contributed by atoms with Gasteiger partial charge in [-0.15, -0.1) is 5.10 Å². The molecule has 3 rings (SSSR count). The van der Waals surface area contributed by atoms with Crippen molar-refractivity contribution in [1.29, 1.82) is 0 Å². The highest BCUT2D eigenvalue weighted by Gasteiger charge is 2.41. The minimum Gasteiger partial charge on any atom is -0.353 e. The van der Waals surface area contributed by atoms with Crippen LogP contribution in [0, 0.1) is 0 Å². The number of nitrogens with zero attached hydrogens (tertiary/aromatic N) is 3. The van der Waals surface area contributed by atoms with Crippen molar-refractivity contribution in [2.45, 2.75) is 56.7 Å². The van der Waals surface area contributed by atoms with Crippen LogP contribution in [0.1, 0.15) is 38.5 Å². The second kappa shape index (κ2) is 5.28. The van der Waals surface area contributed by atoms with Gasteiger partial charge in [0.25, 0.3) is 0 Å². The van der Waals surface area contributed by atoms with Gasteiger partial charge in [-0.1, -0.05) is 5.21 Å². The van der Waals surface area contributed by atoms with E-state index < -0.39 is 0 Å². The lowest BCUT2D eigenvalue weighted by Gasteiger charge is -2.48. The van der Waals surface area contributed by atoms with Crippen molar-refractivity contribution in [1.82, 2.24) is 25.6 Å². The van der Waals surface area contributed by atoms with E-state index in [2.05, 4.69) is 20.9 Å². The molecule has 2 heterocycles. The maximum absolute atomic E-state index is 11.9. The molecule has 0 aromatic carbocycles. The fourth-order valence-corrected chi connectivity index (χ4v) is 3.13. The second-order valence-corrected chi connectivity index (χ2v) is 5.73. The summed E-state index contributed by atoms with van der Waals surface area (Å²) < 4.78 is 1.69. The normalized spacial score (nSPS) is 24.9. The third-order valence-corrected chi connectivity index (χ3v) is 4.35. The number of amides is 1. The summed E-state index contributed by atoms with van der Waals surface area (Å²) in [7, 11) is 0. The molecule has 6 nitrogen and oxygen atoms in total. The molecule has 2 N–H and O–H groups in total. The molecule has 2 aliphatic rings. The van der Waals surface area contributed by atoms with Crippen LogP contribution in [0.25, 0.3) is 0 Å². The summed E-state index contributed by atoms with van der Waals surface area (Å²) in [6, 6.07) is 0.338. The van der Waals surface area contributed by atoms with E-state index in [4.69, 9.17) is 0 Å². The molecule has 2 fully saturated rings. The smallest absolute Gasteiger partial charge is 0.222 e. The van der Waals surface area contributed by atoms with Gasteiger partial charge in [-0.05, 0) is 38.6 Å². The molecular weight excluding hydrogens is 242 g/mol. The maximum Gasteiger partial charge on any atom is 0.222 e. The molecule has 104 valence electrons. The van der Waals surface area contributed by atoms with Crippen molar-refractivity contribution in [3.8, 4) is 0 Å². The summed E-state index contributed by atoms with van der Waals surface area (Å²) in [6.45, 7) is 1.62. The lowest BCUT2D eigenvalue weighted by molar-refractivity contribution is -0.122. The molecule has 6 heteroatoms. The molecule has 1 aromatic heterocycles. The first-order valence-corrected chi connectivity index (χ1v) is 7.14. The van der Waals surface area contributed by atoms with E-state index in [-0.39, 0.29) is 5.91 Å². The zero-order valence-electron chi connectivity index (χ0n) is 11.1. The van der Waals surface area contributed by atoms with Crippen molar-refractivity contribution >= 4 is 5.91 Å². The second-order valence-electron chi connectivity index (χ2n) is 5.73. The number of carbonyl (C=O) groups excluding carboxylic acids is 1. The molecule has 0 bridgehead atoms. The fraction of sp³-hybridized carbons (Fsp3) is 0.769. The van der Waals surface area contributed by atoms with Gasteiger partial charge in [-0.25, -0.2) is 0 Å². The molecule has 1 saturated heterocycles. The third-order valence-electron chi connectivity index (χ3n) is 4.35. The van der Waals surface area contributed by atoms with E-state index in [1.165, 1.54) is 19.3 Å². The molecule has 1 atom stereocenters. The van der Waals surface area contributed by atoms with E-state index in [9.17, 15) is 4.79 Å². The fourth-order valence-electron chi connectivity index (χ4n) is 3.13. The summed E-state index contributed by atoms with van der Waals surface area (Å²) in [4.78, 5) is 11.9. The molecule has 1 aliphatic heterocycles. The monoisotopic (exact) mass is 263 g/mol. The largest absolute Gasteiger partial charge is 0.353 e. The van der Waals surface area contributed by atoms with Crippen LogP contribution in [0.4, 0.5) is 0 Å². The highest BCUT2D eigenvalue weighted by Crippen LogP contribution is 2.38. The third kappa shape index (κ3) is 2.94. The van der Waals surface area contributed by atoms with Crippen LogP contribution < -0.4 is 10.6 Å². The molecule has 19 heavy (non-hydrogen) atoms. The number of piperidine rings is 1. The van der Waals surface area contributed by atoms with Crippen molar-refractivity contribution in [3.05, 3.63) is 12.4 Å². The van der Waals surface area contributed by atoms with Crippen molar-refractivity contribution in [2.24, 2.45) is 0 Å². The average molecular weight is 263 g/mol. The van der Waals surface area contributed by atoms with E-state index >= 15 is 0 Å². The Morgan fingerprint density at radius 3 is 3.11 bits per heavy atom. The highest BCUT2D eigenvalue weighted by molar-refractivity contribution is 5.76. The molecule has 1 aromatic rings. The van der Waals surface area contributed by atoms with Crippen LogP contribution in [0.3, 0.4) is 0 Å². The zero-order chi connectivity index (χ0) is 13.1. The molecule has 0 radical (unpaired) electrons. The van der Waals surface area contributed by atoms with E-state index in [1.807, 2.05) is 0 Å². The number of nitrogens with one attached hydrogen (secondary N) is 2. The molecule has 1 saturated carbocycles. The van der Waals surface area contributed by atoms with Gasteiger partial charge in [0.05, 0.1) is 12.7 Å². The molecule has 1 aliphatic carbocycles. The lowest BCUT2D eigenvalue weighted by atomic mass is 9.70. The Morgan fingerprint density at radius 2 is 2.42 bits per heavy atom. The zero-order valence-corrected chi connectivity index (χ0v) is 11.1. The van der Waals surface area contributed by atoms with Gasteiger partial charge in [0.2, 0.25) is 5.91 Å². The number of hydrogen-bond acceptors (Lipinski definition) is 4. The Bertz CT molecular complexity index is 426. The summed E-state index contributed by atoms with van der Waals surface area (Å²) in [5, 5.41) is 14.4. The lowest BCUT2D eigenvalue weighted by Crippen LogP contribution is -2.59. The van der Waals surface area contributed by atoms with E-state index in [1.54, 1.807) is 17.1 Å². The van der Waals surface area contributed by atoms with Crippen LogP contribution in [0.15, 0.2) is 12.4 Å². The molecule has 1 unspecified atom stereocenters. The molecule has 1 amide bonds. The Hall–Kier alpha value is -1.43. The first-order valence-electron chi connectivity index (χ1n) is 7.14. The van der Waals surface area contributed by atoms with Gasteiger partial charge >= 0.3 is 0 Å². The Labute approximate surface area is 112 Å². The van der Waals surface area contributed by atoms with Crippen LogP contribution >= 0.6 is 0 Å². The first kappa shape index (κ1) is 12.6. The van der Waals surface area contributed by atoms with Crippen LogP contribution in [0.2, 0.25) is 0 Å². The summed E-state index contributed by atoms with van der Waals surface area (Å²) in [6.07, 6.45) is 9.85. The van der Waals surface area contributed by atoms with Gasteiger partial charge in [-0.2, -0.15) is 0 Å². The highest BCUT2D eigenvalue weighted by atomic mass is 16.1. The van der Waals surface area contributed by atoms with Crippen molar-refractivity contribution in [2.75, 3.05) is 6.54 Å². The van der Waals surface area contributed by atoms with Crippen LogP contribution in [-0.4, -0.2) is 39.0 Å². The summed E-state index contributed by atoms with van der Waals surface area (Å²) >= 11 is 0. The van der Waals surface area contributed by atoms with E-state index in [0.717, 1.165) is 19.4 Å². The van der Waals surface area contributed by atoms with Crippen molar-refractivity contribution < 1.29 is 4.79 Å². The van der Waals surface area contributed by atoms with Crippen molar-refractivity contribution in [3.63, 3.8) is 0 Å². The first-order chi connectivity index (χ1) is 9.26. The number of aryl methyl sites for hydroxylation is 1. The predicted molar refractivity (Wildman–Crippen MR) is 70.4 cm³/mol. The number of aromatic nitrogens is 3. The Kier molecular flexibility index (Phi) is 3.50.